The normalized spacial score (nSPS) is 41.3. The molecule has 1 aliphatic heterocycles. The molecule has 1 saturated carbocycles. The van der Waals surface area contributed by atoms with Gasteiger partial charge in [0.05, 0.1) is 0 Å². The maximum Gasteiger partial charge on any atom is 0.451 e. The predicted octanol–water partition coefficient (Wildman–Crippen LogP) is -0.734. The first kappa shape index (κ1) is 14.8. The second-order valence-corrected chi connectivity index (χ2v) is 6.09. The van der Waals surface area contributed by atoms with Crippen molar-refractivity contribution >= 4 is 13.1 Å². The summed E-state index contributed by atoms with van der Waals surface area (Å²) in [7, 11) is -1.32. The summed E-state index contributed by atoms with van der Waals surface area (Å²) < 4.78 is 0. The van der Waals surface area contributed by atoms with Crippen LogP contribution in [0, 0.1) is 17.8 Å². The lowest BCUT2D eigenvalue weighted by atomic mass is 9.76. The summed E-state index contributed by atoms with van der Waals surface area (Å²) in [5.74, 6) is -0.424. The summed E-state index contributed by atoms with van der Waals surface area (Å²) in [5.41, 5.74) is 5.00. The standard InChI is InChI=1S/C12H23BN2O4/c1-7-8-5-12(14,11(16)17)10(9(8)6-15-7)3-2-4-13(18)19/h7-10,15,18-19H,2-6,14H2,1H3,(H,16,17)/t7-,8-,9+,10-,12?/m0/s1. The minimum absolute atomic E-state index is 0.0915. The molecule has 0 radical (unpaired) electrons. The zero-order valence-electron chi connectivity index (χ0n) is 11.2. The number of carboxylic acid groups (broad SMARTS) is 1. The Balaban J connectivity index is 2.09. The van der Waals surface area contributed by atoms with Crippen LogP contribution in [0.4, 0.5) is 0 Å². The number of nitrogens with two attached hydrogens (primary N) is 1. The lowest BCUT2D eigenvalue weighted by Gasteiger charge is -2.30. The largest absolute Gasteiger partial charge is 0.480 e. The van der Waals surface area contributed by atoms with Crippen LogP contribution in [-0.2, 0) is 4.79 Å². The van der Waals surface area contributed by atoms with E-state index in [0.29, 0.717) is 31.2 Å². The topological polar surface area (TPSA) is 116 Å². The maximum absolute atomic E-state index is 11.5. The quantitative estimate of drug-likeness (QED) is 0.420. The van der Waals surface area contributed by atoms with Crippen molar-refractivity contribution in [3.8, 4) is 0 Å². The Morgan fingerprint density at radius 2 is 2.16 bits per heavy atom. The summed E-state index contributed by atoms with van der Waals surface area (Å²) >= 11 is 0. The van der Waals surface area contributed by atoms with E-state index in [1.807, 2.05) is 0 Å². The number of aliphatic carboxylic acids is 1. The molecule has 2 fully saturated rings. The van der Waals surface area contributed by atoms with Gasteiger partial charge in [-0.2, -0.15) is 0 Å². The first-order valence-electron chi connectivity index (χ1n) is 6.98. The third kappa shape index (κ3) is 2.65. The molecule has 19 heavy (non-hydrogen) atoms. The second kappa shape index (κ2) is 5.40. The highest BCUT2D eigenvalue weighted by atomic mass is 16.4. The molecule has 2 aliphatic rings. The van der Waals surface area contributed by atoms with Crippen LogP contribution in [0.25, 0.3) is 0 Å². The fraction of sp³-hybridized carbons (Fsp3) is 0.917. The lowest BCUT2D eigenvalue weighted by molar-refractivity contribution is -0.145. The van der Waals surface area contributed by atoms with Gasteiger partial charge in [-0.15, -0.1) is 0 Å². The molecule has 1 aliphatic carbocycles. The third-order valence-corrected chi connectivity index (χ3v) is 5.00. The van der Waals surface area contributed by atoms with E-state index in [4.69, 9.17) is 15.8 Å². The highest BCUT2D eigenvalue weighted by Gasteiger charge is 2.58. The Morgan fingerprint density at radius 3 is 2.74 bits per heavy atom. The first-order chi connectivity index (χ1) is 8.86. The Bertz CT molecular complexity index is 355. The summed E-state index contributed by atoms with van der Waals surface area (Å²) in [6.07, 6.45) is 2.00. The van der Waals surface area contributed by atoms with Gasteiger partial charge in [0.25, 0.3) is 0 Å². The molecule has 0 aromatic carbocycles. The molecule has 5 atom stereocenters. The molecule has 6 N–H and O–H groups in total. The molecule has 0 spiro atoms. The van der Waals surface area contributed by atoms with Crippen molar-refractivity contribution in [2.75, 3.05) is 6.54 Å². The predicted molar refractivity (Wildman–Crippen MR) is 71.3 cm³/mol. The maximum atomic E-state index is 11.5. The fourth-order valence-electron chi connectivity index (χ4n) is 3.93. The molecule has 0 aromatic heterocycles. The molecule has 1 heterocycles. The van der Waals surface area contributed by atoms with Gasteiger partial charge in [0.2, 0.25) is 0 Å². The number of hydrogen-bond acceptors (Lipinski definition) is 5. The summed E-state index contributed by atoms with van der Waals surface area (Å²) in [6.45, 7) is 2.89. The van der Waals surface area contributed by atoms with Gasteiger partial charge in [-0.05, 0) is 50.4 Å². The number of carboxylic acids is 1. The molecule has 2 rings (SSSR count). The van der Waals surface area contributed by atoms with Crippen molar-refractivity contribution in [1.29, 1.82) is 0 Å². The lowest BCUT2D eigenvalue weighted by Crippen LogP contribution is -2.53. The minimum atomic E-state index is -1.32. The Morgan fingerprint density at radius 1 is 1.47 bits per heavy atom. The van der Waals surface area contributed by atoms with E-state index in [-0.39, 0.29) is 18.2 Å². The number of fused-ring (bicyclic) bond motifs is 1. The van der Waals surface area contributed by atoms with Crippen LogP contribution in [0.15, 0.2) is 0 Å². The van der Waals surface area contributed by atoms with E-state index in [1.165, 1.54) is 0 Å². The van der Waals surface area contributed by atoms with Crippen LogP contribution in [0.1, 0.15) is 26.2 Å². The van der Waals surface area contributed by atoms with E-state index >= 15 is 0 Å². The van der Waals surface area contributed by atoms with Crippen molar-refractivity contribution in [2.45, 2.75) is 44.1 Å². The second-order valence-electron chi connectivity index (χ2n) is 6.09. The Hall–Kier alpha value is -0.625. The van der Waals surface area contributed by atoms with Gasteiger partial charge in [0, 0.05) is 6.04 Å². The van der Waals surface area contributed by atoms with Gasteiger partial charge in [0.15, 0.2) is 0 Å². The molecule has 108 valence electrons. The Labute approximate surface area is 113 Å². The minimum Gasteiger partial charge on any atom is -0.480 e. The molecule has 6 nitrogen and oxygen atoms in total. The van der Waals surface area contributed by atoms with Crippen molar-refractivity contribution in [3.63, 3.8) is 0 Å². The zero-order chi connectivity index (χ0) is 14.2. The molecular formula is C12H23BN2O4. The van der Waals surface area contributed by atoms with Crippen LogP contribution in [0.5, 0.6) is 0 Å². The van der Waals surface area contributed by atoms with Gasteiger partial charge in [-0.25, -0.2) is 0 Å². The molecule has 7 heteroatoms. The van der Waals surface area contributed by atoms with Gasteiger partial charge in [-0.1, -0.05) is 6.42 Å². The van der Waals surface area contributed by atoms with Gasteiger partial charge in [-0.3, -0.25) is 4.79 Å². The van der Waals surface area contributed by atoms with Crippen LogP contribution < -0.4 is 11.1 Å². The third-order valence-electron chi connectivity index (χ3n) is 5.00. The highest BCUT2D eigenvalue weighted by molar-refractivity contribution is 6.40. The van der Waals surface area contributed by atoms with E-state index in [0.717, 1.165) is 6.54 Å². The van der Waals surface area contributed by atoms with Crippen molar-refractivity contribution in [3.05, 3.63) is 0 Å². The van der Waals surface area contributed by atoms with Crippen molar-refractivity contribution in [2.24, 2.45) is 23.5 Å². The van der Waals surface area contributed by atoms with Gasteiger partial charge < -0.3 is 26.2 Å². The summed E-state index contributed by atoms with van der Waals surface area (Å²) in [4.78, 5) is 11.5. The average molecular weight is 270 g/mol. The van der Waals surface area contributed by atoms with Gasteiger partial charge in [0.1, 0.15) is 5.54 Å². The average Bonchev–Trinajstić information content (AvgIpc) is 2.79. The van der Waals surface area contributed by atoms with Crippen LogP contribution in [0.2, 0.25) is 6.32 Å². The molecule has 1 saturated heterocycles. The molecule has 1 unspecified atom stereocenters. The summed E-state index contributed by atoms with van der Waals surface area (Å²) in [6, 6.07) is 0.306. The van der Waals surface area contributed by atoms with Crippen molar-refractivity contribution < 1.29 is 19.9 Å². The number of hydrogen-bond donors (Lipinski definition) is 5. The van der Waals surface area contributed by atoms with E-state index in [9.17, 15) is 9.90 Å². The molecule has 0 aromatic rings. The molecule has 0 bridgehead atoms. The fourth-order valence-corrected chi connectivity index (χ4v) is 3.93. The SMILES string of the molecule is C[C@@H]1NC[C@@H]2[C@H]1CC(N)(C(=O)O)[C@H]2CCCB(O)O. The van der Waals surface area contributed by atoms with Crippen LogP contribution >= 0.6 is 0 Å². The first-order valence-corrected chi connectivity index (χ1v) is 6.98. The summed E-state index contributed by atoms with van der Waals surface area (Å²) in [5, 5.41) is 30.6. The van der Waals surface area contributed by atoms with E-state index in [1.54, 1.807) is 0 Å². The number of rotatable bonds is 5. The Kier molecular flexibility index (Phi) is 4.20. The zero-order valence-corrected chi connectivity index (χ0v) is 11.2. The molecule has 0 amide bonds. The van der Waals surface area contributed by atoms with Crippen LogP contribution in [-0.4, -0.2) is 46.4 Å². The highest BCUT2D eigenvalue weighted by Crippen LogP contribution is 2.49. The van der Waals surface area contributed by atoms with Crippen molar-refractivity contribution in [1.82, 2.24) is 5.32 Å². The smallest absolute Gasteiger partial charge is 0.451 e. The van der Waals surface area contributed by atoms with E-state index < -0.39 is 18.6 Å². The number of carbonyl (C=O) groups is 1. The van der Waals surface area contributed by atoms with E-state index in [2.05, 4.69) is 12.2 Å². The monoisotopic (exact) mass is 270 g/mol. The molecular weight excluding hydrogens is 247 g/mol. The number of nitrogens with one attached hydrogen (secondary N) is 1. The van der Waals surface area contributed by atoms with Crippen LogP contribution in [0.3, 0.4) is 0 Å². The van der Waals surface area contributed by atoms with Gasteiger partial charge >= 0.3 is 13.1 Å².